The third-order valence-corrected chi connectivity index (χ3v) is 6.76. The highest BCUT2D eigenvalue weighted by Gasteiger charge is 2.68. The smallest absolute Gasteiger partial charge is 0.337 e. The maximum Gasteiger partial charge on any atom is 0.337 e. The third kappa shape index (κ3) is 2.03. The fraction of sp³-hybridized carbons (Fsp3) is 0.524. The maximum absolute atomic E-state index is 12.9. The molecule has 25 heavy (non-hydrogen) atoms. The molecule has 132 valence electrons. The molecule has 0 aliphatic heterocycles. The van der Waals surface area contributed by atoms with Crippen molar-refractivity contribution in [3.05, 3.63) is 41.5 Å². The highest BCUT2D eigenvalue weighted by Crippen LogP contribution is 2.66. The molecule has 3 aliphatic rings. The van der Waals surface area contributed by atoms with Crippen molar-refractivity contribution >= 4 is 17.3 Å². The number of methoxy groups -OCH3 is 1. The molecule has 0 saturated heterocycles. The summed E-state index contributed by atoms with van der Waals surface area (Å²) in [6, 6.07) is 7.63. The van der Waals surface area contributed by atoms with E-state index in [-0.39, 0.29) is 16.9 Å². The van der Waals surface area contributed by atoms with E-state index in [0.29, 0.717) is 23.7 Å². The van der Waals surface area contributed by atoms with Crippen molar-refractivity contribution in [3.8, 4) is 0 Å². The number of likely N-dealkylation sites (N-methyl/N-ethyl adjacent to an activating group) is 1. The Morgan fingerprint density at radius 2 is 1.92 bits per heavy atom. The molecular formula is C21H25NO3. The lowest BCUT2D eigenvalue weighted by Crippen LogP contribution is -2.48. The van der Waals surface area contributed by atoms with Gasteiger partial charge in [-0.1, -0.05) is 31.1 Å². The van der Waals surface area contributed by atoms with Gasteiger partial charge in [-0.2, -0.15) is 0 Å². The summed E-state index contributed by atoms with van der Waals surface area (Å²) in [4.78, 5) is 26.9. The van der Waals surface area contributed by atoms with E-state index in [2.05, 4.69) is 25.1 Å². The van der Waals surface area contributed by atoms with Gasteiger partial charge in [0.1, 0.15) is 5.78 Å². The number of hydrogen-bond donors (Lipinski definition) is 0. The predicted octanol–water partition coefficient (Wildman–Crippen LogP) is 3.32. The van der Waals surface area contributed by atoms with Crippen molar-refractivity contribution in [1.82, 2.24) is 4.90 Å². The quantitative estimate of drug-likeness (QED) is 0.793. The van der Waals surface area contributed by atoms with Gasteiger partial charge >= 0.3 is 5.97 Å². The molecule has 2 saturated carbocycles. The van der Waals surface area contributed by atoms with Crippen molar-refractivity contribution in [1.29, 1.82) is 0 Å². The second kappa shape index (κ2) is 5.53. The highest BCUT2D eigenvalue weighted by atomic mass is 16.5. The molecule has 4 heteroatoms. The van der Waals surface area contributed by atoms with Crippen LogP contribution in [0.2, 0.25) is 0 Å². The summed E-state index contributed by atoms with van der Waals surface area (Å²) in [5.41, 5.74) is 2.46. The number of esters is 1. The molecule has 0 unspecified atom stereocenters. The van der Waals surface area contributed by atoms with Crippen LogP contribution in [0.1, 0.15) is 48.0 Å². The van der Waals surface area contributed by atoms with E-state index in [1.165, 1.54) is 19.1 Å². The number of carbonyl (C=O) groups excluding carboxylic acids is 2. The van der Waals surface area contributed by atoms with Gasteiger partial charge in [-0.25, -0.2) is 4.79 Å². The lowest BCUT2D eigenvalue weighted by atomic mass is 9.68. The lowest BCUT2D eigenvalue weighted by Gasteiger charge is -2.43. The van der Waals surface area contributed by atoms with Gasteiger partial charge < -0.3 is 4.74 Å². The first-order valence-corrected chi connectivity index (χ1v) is 9.08. The second-order valence-electron chi connectivity index (χ2n) is 7.88. The van der Waals surface area contributed by atoms with Crippen LogP contribution in [-0.2, 0) is 9.53 Å². The lowest BCUT2D eigenvalue weighted by molar-refractivity contribution is -0.125. The Kier molecular flexibility index (Phi) is 3.66. The number of allylic oxidation sites excluding steroid dienone is 1. The number of hydrogen-bond acceptors (Lipinski definition) is 4. The largest absolute Gasteiger partial charge is 0.465 e. The molecule has 2 fully saturated rings. The normalized spacial score (nSPS) is 33.4. The molecule has 1 aromatic rings. The molecule has 0 N–H and O–H groups in total. The molecule has 3 atom stereocenters. The maximum atomic E-state index is 12.9. The Morgan fingerprint density at radius 3 is 2.56 bits per heavy atom. The summed E-state index contributed by atoms with van der Waals surface area (Å²) in [6.07, 6.45) is 7.32. The summed E-state index contributed by atoms with van der Waals surface area (Å²) in [5, 5.41) is 0. The van der Waals surface area contributed by atoms with Gasteiger partial charge in [0.05, 0.1) is 23.6 Å². The van der Waals surface area contributed by atoms with Crippen molar-refractivity contribution in [2.75, 3.05) is 21.2 Å². The molecule has 0 heterocycles. The molecule has 3 aliphatic carbocycles. The van der Waals surface area contributed by atoms with E-state index in [9.17, 15) is 9.59 Å². The zero-order valence-electron chi connectivity index (χ0n) is 15.2. The zero-order valence-corrected chi connectivity index (χ0v) is 15.2. The van der Waals surface area contributed by atoms with Crippen LogP contribution in [0.4, 0.5) is 0 Å². The minimum absolute atomic E-state index is 0.204. The van der Waals surface area contributed by atoms with Crippen molar-refractivity contribution in [3.63, 3.8) is 0 Å². The summed E-state index contributed by atoms with van der Waals surface area (Å²) in [5.74, 6) is 0.477. The number of ether oxygens (including phenoxy) is 1. The minimum atomic E-state index is -0.321. The monoisotopic (exact) mass is 339 g/mol. The fourth-order valence-corrected chi connectivity index (χ4v) is 5.60. The number of Topliss-reactive ketones (excluding diaryl/α,β-unsaturated/α-hetero) is 1. The van der Waals surface area contributed by atoms with Crippen molar-refractivity contribution < 1.29 is 14.3 Å². The van der Waals surface area contributed by atoms with E-state index in [4.69, 9.17) is 4.74 Å². The topological polar surface area (TPSA) is 46.6 Å². The average Bonchev–Trinajstić information content (AvgIpc) is 3.07. The molecule has 2 bridgehead atoms. The van der Waals surface area contributed by atoms with Gasteiger partial charge in [0.2, 0.25) is 0 Å². The number of carbonyl (C=O) groups is 2. The van der Waals surface area contributed by atoms with Crippen LogP contribution >= 0.6 is 0 Å². The highest BCUT2D eigenvalue weighted by molar-refractivity contribution is 6.02. The van der Waals surface area contributed by atoms with Crippen LogP contribution < -0.4 is 0 Å². The molecule has 0 amide bonds. The fourth-order valence-electron chi connectivity index (χ4n) is 5.60. The minimum Gasteiger partial charge on any atom is -0.465 e. The van der Waals surface area contributed by atoms with Crippen LogP contribution in [0.3, 0.4) is 0 Å². The molecule has 0 radical (unpaired) electrons. The Bertz CT molecular complexity index is 764. The Hall–Kier alpha value is -1.94. The summed E-state index contributed by atoms with van der Waals surface area (Å²) in [7, 11) is 5.59. The van der Waals surface area contributed by atoms with E-state index < -0.39 is 0 Å². The van der Waals surface area contributed by atoms with E-state index >= 15 is 0 Å². The van der Waals surface area contributed by atoms with Gasteiger partial charge in [0.25, 0.3) is 0 Å². The van der Waals surface area contributed by atoms with Gasteiger partial charge in [0.15, 0.2) is 0 Å². The number of benzene rings is 1. The van der Waals surface area contributed by atoms with Crippen LogP contribution in [-0.4, -0.2) is 43.4 Å². The van der Waals surface area contributed by atoms with Gasteiger partial charge in [-0.05, 0) is 56.1 Å². The van der Waals surface area contributed by atoms with Crippen molar-refractivity contribution in [2.45, 2.75) is 37.6 Å². The molecule has 0 spiro atoms. The first kappa shape index (κ1) is 16.5. The van der Waals surface area contributed by atoms with Gasteiger partial charge in [-0.3, -0.25) is 9.69 Å². The first-order valence-electron chi connectivity index (χ1n) is 9.08. The molecule has 4 nitrogen and oxygen atoms in total. The number of rotatable bonds is 3. The van der Waals surface area contributed by atoms with Crippen LogP contribution in [0.5, 0.6) is 0 Å². The summed E-state index contributed by atoms with van der Waals surface area (Å²) >= 11 is 0. The van der Waals surface area contributed by atoms with Gasteiger partial charge in [-0.15, -0.1) is 0 Å². The molecule has 1 aromatic carbocycles. The molecule has 4 rings (SSSR count). The van der Waals surface area contributed by atoms with Crippen LogP contribution in [0, 0.1) is 11.3 Å². The number of nitrogens with zero attached hydrogens (tertiary/aromatic N) is 1. The Labute approximate surface area is 148 Å². The third-order valence-electron chi connectivity index (χ3n) is 6.76. The van der Waals surface area contributed by atoms with E-state index in [1.54, 1.807) is 0 Å². The predicted molar refractivity (Wildman–Crippen MR) is 96.2 cm³/mol. The Balaban J connectivity index is 1.81. The number of ketones is 1. The van der Waals surface area contributed by atoms with Crippen LogP contribution in [0.15, 0.2) is 30.3 Å². The standard InChI is InChI=1S/C21H25NO3/c1-22(2)21-13-18(23)20(11-5-4-6-17(20)21)12-16(21)14-7-9-15(10-8-14)19(24)25-3/h7-10,12,17H,4-6,11,13H2,1-3H3/t17-,20-,21-/m1/s1. The van der Waals surface area contributed by atoms with Gasteiger partial charge in [0, 0.05) is 6.42 Å². The zero-order chi connectivity index (χ0) is 17.8. The first-order chi connectivity index (χ1) is 12.0. The SMILES string of the molecule is COC(=O)c1ccc(C2=C[C@]34CCCC[C@H]3[C@@]2(N(C)C)CC4=O)cc1. The van der Waals surface area contributed by atoms with Crippen molar-refractivity contribution in [2.24, 2.45) is 11.3 Å². The van der Waals surface area contributed by atoms with E-state index in [1.807, 2.05) is 24.3 Å². The van der Waals surface area contributed by atoms with E-state index in [0.717, 1.165) is 24.8 Å². The molecule has 0 aromatic heterocycles. The average molecular weight is 339 g/mol. The summed E-state index contributed by atoms with van der Waals surface area (Å²) in [6.45, 7) is 0. The second-order valence-corrected chi connectivity index (χ2v) is 7.88. The summed E-state index contributed by atoms with van der Waals surface area (Å²) < 4.78 is 4.79. The Morgan fingerprint density at radius 1 is 1.20 bits per heavy atom. The van der Waals surface area contributed by atoms with Crippen LogP contribution in [0.25, 0.3) is 5.57 Å². The molecular weight excluding hydrogens is 314 g/mol.